The molecule has 4 heterocycles. The Kier molecular flexibility index (Phi) is 3.72. The highest BCUT2D eigenvalue weighted by atomic mass is 16.2. The van der Waals surface area contributed by atoms with Gasteiger partial charge in [0.1, 0.15) is 6.54 Å². The highest BCUT2D eigenvalue weighted by Gasteiger charge is 2.36. The molecule has 0 radical (unpaired) electrons. The van der Waals surface area contributed by atoms with Gasteiger partial charge in [0, 0.05) is 37.4 Å². The summed E-state index contributed by atoms with van der Waals surface area (Å²) in [4.78, 5) is 43.2. The van der Waals surface area contributed by atoms with Crippen molar-refractivity contribution >= 4 is 17.8 Å². The molecule has 0 aliphatic carbocycles. The molecule has 0 bridgehead atoms. The summed E-state index contributed by atoms with van der Waals surface area (Å²) in [6.07, 6.45) is 5.41. The largest absolute Gasteiger partial charge is 0.348 e. The van der Waals surface area contributed by atoms with Gasteiger partial charge in [-0.05, 0) is 23.8 Å². The molecule has 0 spiro atoms. The molecule has 8 heteroatoms. The van der Waals surface area contributed by atoms with Crippen LogP contribution in [0, 0.1) is 0 Å². The molecular formula is C17H17N5O3. The van der Waals surface area contributed by atoms with Crippen molar-refractivity contribution < 1.29 is 14.4 Å². The fraction of sp³-hybridized carbons (Fsp3) is 0.294. The van der Waals surface area contributed by atoms with Crippen LogP contribution in [-0.2, 0) is 16.1 Å². The smallest absolute Gasteiger partial charge is 0.325 e. The van der Waals surface area contributed by atoms with Crippen LogP contribution in [0.4, 0.5) is 4.79 Å². The van der Waals surface area contributed by atoms with Crippen molar-refractivity contribution in [2.24, 2.45) is 0 Å². The van der Waals surface area contributed by atoms with Gasteiger partial charge in [-0.3, -0.25) is 19.5 Å². The van der Waals surface area contributed by atoms with Gasteiger partial charge in [-0.25, -0.2) is 4.79 Å². The second kappa shape index (κ2) is 6.04. The van der Waals surface area contributed by atoms with E-state index in [4.69, 9.17) is 0 Å². The number of nitrogens with one attached hydrogen (secondary N) is 1. The van der Waals surface area contributed by atoms with Gasteiger partial charge in [0.05, 0.1) is 12.6 Å². The van der Waals surface area contributed by atoms with Crippen LogP contribution in [0.5, 0.6) is 0 Å². The van der Waals surface area contributed by atoms with Crippen molar-refractivity contribution in [2.45, 2.75) is 12.6 Å². The molecule has 1 atom stereocenters. The lowest BCUT2D eigenvalue weighted by Gasteiger charge is -2.37. The van der Waals surface area contributed by atoms with Crippen molar-refractivity contribution in [1.82, 2.24) is 24.7 Å². The number of carbonyl (C=O) groups is 3. The number of carbonyl (C=O) groups excluding carboxylic acids is 3. The van der Waals surface area contributed by atoms with Crippen LogP contribution in [-0.4, -0.2) is 56.8 Å². The Hall–Kier alpha value is -3.16. The second-order valence-electron chi connectivity index (χ2n) is 6.04. The van der Waals surface area contributed by atoms with E-state index in [1.807, 2.05) is 30.5 Å². The summed E-state index contributed by atoms with van der Waals surface area (Å²) < 4.78 is 2.11. The molecule has 0 unspecified atom stereocenters. The first-order valence-electron chi connectivity index (χ1n) is 8.08. The van der Waals surface area contributed by atoms with Crippen LogP contribution in [0.15, 0.2) is 42.9 Å². The van der Waals surface area contributed by atoms with E-state index in [9.17, 15) is 14.4 Å². The molecule has 1 N–H and O–H groups in total. The number of imide groups is 1. The summed E-state index contributed by atoms with van der Waals surface area (Å²) in [5.41, 5.74) is 1.89. The third kappa shape index (κ3) is 2.65. The second-order valence-corrected chi connectivity index (χ2v) is 6.04. The molecule has 1 saturated heterocycles. The van der Waals surface area contributed by atoms with Gasteiger partial charge in [0.25, 0.3) is 5.91 Å². The fourth-order valence-corrected chi connectivity index (χ4v) is 3.38. The first-order valence-corrected chi connectivity index (χ1v) is 8.08. The van der Waals surface area contributed by atoms with Crippen LogP contribution in [0.25, 0.3) is 0 Å². The molecule has 25 heavy (non-hydrogen) atoms. The number of rotatable bonds is 3. The van der Waals surface area contributed by atoms with Crippen LogP contribution >= 0.6 is 0 Å². The van der Waals surface area contributed by atoms with Gasteiger partial charge in [-0.1, -0.05) is 6.07 Å². The highest BCUT2D eigenvalue weighted by molar-refractivity contribution is 6.04. The van der Waals surface area contributed by atoms with E-state index in [0.717, 1.165) is 16.2 Å². The van der Waals surface area contributed by atoms with Crippen molar-refractivity contribution in [3.8, 4) is 0 Å². The maximum atomic E-state index is 12.9. The molecule has 2 aromatic rings. The number of urea groups is 1. The molecule has 8 nitrogen and oxygen atoms in total. The van der Waals surface area contributed by atoms with Crippen LogP contribution in [0.3, 0.4) is 0 Å². The summed E-state index contributed by atoms with van der Waals surface area (Å²) >= 11 is 0. The molecule has 128 valence electrons. The fourth-order valence-electron chi connectivity index (χ4n) is 3.38. The monoisotopic (exact) mass is 339 g/mol. The molecular weight excluding hydrogens is 322 g/mol. The summed E-state index contributed by atoms with van der Waals surface area (Å²) in [6, 6.07) is 6.88. The van der Waals surface area contributed by atoms with Gasteiger partial charge in [0.15, 0.2) is 0 Å². The van der Waals surface area contributed by atoms with E-state index in [-0.39, 0.29) is 30.9 Å². The topological polar surface area (TPSA) is 87.5 Å². The normalized spacial score (nSPS) is 19.8. The zero-order valence-electron chi connectivity index (χ0n) is 13.5. The molecule has 1 fully saturated rings. The lowest BCUT2D eigenvalue weighted by atomic mass is 10.0. The van der Waals surface area contributed by atoms with Crippen molar-refractivity contribution in [1.29, 1.82) is 0 Å². The minimum absolute atomic E-state index is 0.0546. The summed E-state index contributed by atoms with van der Waals surface area (Å²) in [5, 5.41) is 2.43. The van der Waals surface area contributed by atoms with Crippen LogP contribution < -0.4 is 5.32 Å². The molecule has 0 aromatic carbocycles. The lowest BCUT2D eigenvalue weighted by Crippen LogP contribution is -2.48. The Morgan fingerprint density at radius 2 is 2.12 bits per heavy atom. The van der Waals surface area contributed by atoms with E-state index in [0.29, 0.717) is 13.1 Å². The summed E-state index contributed by atoms with van der Waals surface area (Å²) in [7, 11) is 0. The van der Waals surface area contributed by atoms with Crippen LogP contribution in [0.1, 0.15) is 17.3 Å². The average molecular weight is 339 g/mol. The van der Waals surface area contributed by atoms with E-state index >= 15 is 0 Å². The average Bonchev–Trinajstić information content (AvgIpc) is 3.23. The summed E-state index contributed by atoms with van der Waals surface area (Å²) in [6.45, 7) is 0.873. The van der Waals surface area contributed by atoms with Gasteiger partial charge >= 0.3 is 6.03 Å². The molecule has 0 saturated carbocycles. The maximum Gasteiger partial charge on any atom is 0.325 e. The summed E-state index contributed by atoms with van der Waals surface area (Å²) in [5.74, 6) is -0.636. The van der Waals surface area contributed by atoms with Gasteiger partial charge in [-0.15, -0.1) is 0 Å². The molecule has 4 amide bonds. The quantitative estimate of drug-likeness (QED) is 0.818. The van der Waals surface area contributed by atoms with Crippen molar-refractivity contribution in [2.75, 3.05) is 19.6 Å². The molecule has 4 rings (SSSR count). The van der Waals surface area contributed by atoms with E-state index < -0.39 is 6.03 Å². The minimum Gasteiger partial charge on any atom is -0.348 e. The third-order valence-electron chi connectivity index (χ3n) is 4.59. The minimum atomic E-state index is -0.517. The predicted molar refractivity (Wildman–Crippen MR) is 87.3 cm³/mol. The van der Waals surface area contributed by atoms with Crippen molar-refractivity contribution in [3.05, 3.63) is 54.1 Å². The van der Waals surface area contributed by atoms with Gasteiger partial charge in [0.2, 0.25) is 5.91 Å². The molecule has 2 aliphatic heterocycles. The SMILES string of the molecule is O=C1CNC(=O)N1CC(=O)N1CCn2cccc2[C@@H]1c1cccnc1. The Balaban J connectivity index is 1.64. The Morgan fingerprint density at radius 1 is 1.24 bits per heavy atom. The Morgan fingerprint density at radius 3 is 2.84 bits per heavy atom. The first kappa shape index (κ1) is 15.4. The zero-order chi connectivity index (χ0) is 17.4. The van der Waals surface area contributed by atoms with Gasteiger partial charge in [-0.2, -0.15) is 0 Å². The van der Waals surface area contributed by atoms with E-state index in [2.05, 4.69) is 14.9 Å². The highest BCUT2D eigenvalue weighted by Crippen LogP contribution is 2.32. The predicted octanol–water partition coefficient (Wildman–Crippen LogP) is 0.366. The number of hydrogen-bond acceptors (Lipinski definition) is 4. The molecule has 2 aliphatic rings. The number of fused-ring (bicyclic) bond motifs is 1. The number of hydrogen-bond donors (Lipinski definition) is 1. The number of amides is 4. The Bertz CT molecular complexity index is 816. The zero-order valence-corrected chi connectivity index (χ0v) is 13.5. The Labute approximate surface area is 144 Å². The molecule has 2 aromatic heterocycles. The lowest BCUT2D eigenvalue weighted by molar-refractivity contribution is -0.138. The number of nitrogens with zero attached hydrogens (tertiary/aromatic N) is 4. The van der Waals surface area contributed by atoms with Crippen molar-refractivity contribution in [3.63, 3.8) is 0 Å². The first-order chi connectivity index (χ1) is 12.1. The third-order valence-corrected chi connectivity index (χ3v) is 4.59. The maximum absolute atomic E-state index is 12.9. The number of pyridine rings is 1. The van der Waals surface area contributed by atoms with E-state index in [1.54, 1.807) is 17.3 Å². The van der Waals surface area contributed by atoms with Crippen LogP contribution in [0.2, 0.25) is 0 Å². The van der Waals surface area contributed by atoms with Gasteiger partial charge < -0.3 is 14.8 Å². The standard InChI is InChI=1S/C17H17N5O3/c23-14-10-19-17(25)22(14)11-15(24)21-8-7-20-6-2-4-13(20)16(21)12-3-1-5-18-9-12/h1-6,9,16H,7-8,10-11H2,(H,19,25)/t16-/m0/s1. The van der Waals surface area contributed by atoms with E-state index in [1.165, 1.54) is 0 Å². The number of aromatic nitrogens is 2.